The summed E-state index contributed by atoms with van der Waals surface area (Å²) in [6.45, 7) is 2.82. The summed E-state index contributed by atoms with van der Waals surface area (Å²) >= 11 is 0. The Balaban J connectivity index is 0.00000171. The summed E-state index contributed by atoms with van der Waals surface area (Å²) < 4.78 is 17.0. The van der Waals surface area contributed by atoms with Crippen LogP contribution in [0.25, 0.3) is 22.2 Å². The van der Waals surface area contributed by atoms with Crippen LogP contribution in [0, 0.1) is 0 Å². The minimum atomic E-state index is -0.786. The van der Waals surface area contributed by atoms with Gasteiger partial charge in [-0.05, 0) is 43.9 Å². The van der Waals surface area contributed by atoms with Gasteiger partial charge in [0, 0.05) is 53.1 Å². The quantitative estimate of drug-likeness (QED) is 0.682. The predicted molar refractivity (Wildman–Crippen MR) is 110 cm³/mol. The van der Waals surface area contributed by atoms with Crippen molar-refractivity contribution in [1.82, 2.24) is 19.1 Å². The van der Waals surface area contributed by atoms with Crippen LogP contribution in [0.2, 0.25) is 0 Å². The molecule has 1 saturated carbocycles. The van der Waals surface area contributed by atoms with Crippen molar-refractivity contribution in [2.24, 2.45) is 0 Å². The molecule has 1 aliphatic carbocycles. The number of aryl methyl sites for hydroxylation is 1. The number of benzene rings is 1. The van der Waals surface area contributed by atoms with E-state index >= 15 is 0 Å². The third-order valence-corrected chi connectivity index (χ3v) is 8.26. The van der Waals surface area contributed by atoms with Gasteiger partial charge in [0.25, 0.3) is 0 Å². The molecule has 3 aromatic rings. The summed E-state index contributed by atoms with van der Waals surface area (Å²) in [5.74, 6) is 0. The number of hydrogen-bond donors (Lipinski definition) is 0. The first-order chi connectivity index (χ1) is 13.2. The molecule has 146 valence electrons. The number of fused-ring (bicyclic) bond motifs is 3. The molecule has 0 radical (unpaired) electrons. The van der Waals surface area contributed by atoms with Gasteiger partial charge >= 0.3 is 0 Å². The fourth-order valence-corrected chi connectivity index (χ4v) is 6.30. The van der Waals surface area contributed by atoms with Crippen LogP contribution in [-0.4, -0.2) is 47.1 Å². The molecule has 6 rings (SSSR count). The second-order valence-electron chi connectivity index (χ2n) is 8.17. The van der Waals surface area contributed by atoms with E-state index in [4.69, 9.17) is 5.10 Å². The first kappa shape index (κ1) is 18.0. The van der Waals surface area contributed by atoms with E-state index < -0.39 is 11.0 Å². The number of pyridine rings is 1. The highest BCUT2D eigenvalue weighted by molar-refractivity contribution is 7.83. The molecule has 3 aliphatic rings. The van der Waals surface area contributed by atoms with Gasteiger partial charge in [0.1, 0.15) is 0 Å². The lowest BCUT2D eigenvalue weighted by Gasteiger charge is -2.22. The van der Waals surface area contributed by atoms with Crippen molar-refractivity contribution in [2.45, 2.75) is 42.9 Å². The molecule has 0 amide bonds. The maximum atomic E-state index is 12.6. The molecule has 2 aliphatic heterocycles. The van der Waals surface area contributed by atoms with Crippen LogP contribution in [0.3, 0.4) is 0 Å². The number of aromatic nitrogens is 3. The van der Waals surface area contributed by atoms with Crippen LogP contribution in [-0.2, 0) is 22.9 Å². The van der Waals surface area contributed by atoms with Gasteiger partial charge in [-0.25, -0.2) is 8.51 Å². The van der Waals surface area contributed by atoms with Crippen molar-refractivity contribution in [2.75, 3.05) is 13.1 Å². The fraction of sp³-hybridized carbons (Fsp3) is 0.429. The van der Waals surface area contributed by atoms with E-state index in [-0.39, 0.29) is 10.9 Å². The van der Waals surface area contributed by atoms with Crippen LogP contribution in [0.15, 0.2) is 42.6 Å². The van der Waals surface area contributed by atoms with E-state index in [9.17, 15) is 4.21 Å². The van der Waals surface area contributed by atoms with Gasteiger partial charge in [0.15, 0.2) is 0 Å². The average molecular weight is 397 g/mol. The Morgan fingerprint density at radius 2 is 1.93 bits per heavy atom. The van der Waals surface area contributed by atoms with Crippen molar-refractivity contribution in [3.63, 3.8) is 0 Å². The Bertz CT molecular complexity index is 1080. The molecule has 2 atom stereocenters. The van der Waals surface area contributed by atoms with E-state index in [1.165, 1.54) is 5.69 Å². The summed E-state index contributed by atoms with van der Waals surface area (Å²) in [7, 11) is -0.786. The van der Waals surface area contributed by atoms with Gasteiger partial charge in [-0.15, -0.1) is 0 Å². The summed E-state index contributed by atoms with van der Waals surface area (Å²) in [6, 6.07) is 12.6. The van der Waals surface area contributed by atoms with Gasteiger partial charge in [-0.1, -0.05) is 18.2 Å². The Hall–Kier alpha value is -2.09. The summed E-state index contributed by atoms with van der Waals surface area (Å²) in [5.41, 5.74) is 4.53. The molecule has 2 aromatic heterocycles. The molecule has 1 saturated heterocycles. The first-order valence-corrected chi connectivity index (χ1v) is 11.0. The van der Waals surface area contributed by atoms with E-state index in [0.29, 0.717) is 5.25 Å². The maximum Gasteiger partial charge on any atom is 0.0974 e. The van der Waals surface area contributed by atoms with Crippen molar-refractivity contribution in [3.8, 4) is 11.3 Å². The summed E-state index contributed by atoms with van der Waals surface area (Å²) in [4.78, 5) is 4.59. The van der Waals surface area contributed by atoms with E-state index in [0.717, 1.165) is 67.5 Å². The molecule has 2 unspecified atom stereocenters. The molecule has 4 heterocycles. The van der Waals surface area contributed by atoms with Crippen LogP contribution in [0.4, 0.5) is 0 Å². The number of para-hydroxylation sites is 1. The zero-order chi connectivity index (χ0) is 18.0. The lowest BCUT2D eigenvalue weighted by Crippen LogP contribution is -2.31. The SMILES string of the molecule is O.O=S(C1CC1)N1CCC2(CCn3nc(-c4cnc5ccccc5c4)cc32)C1. The fourth-order valence-electron chi connectivity index (χ4n) is 4.70. The molecular formula is C21H24N4O2S. The standard InChI is InChI=1S/C21H22N4OS.H2O/c26-27(17-5-6-17)24-9-7-21(14-24)8-10-25-20(21)12-19(23-25)16-11-15-3-1-2-4-18(15)22-13-16;/h1-4,11-13,17H,5-10,14H2;1H2. The molecule has 7 heteroatoms. The number of nitrogens with zero attached hydrogens (tertiary/aromatic N) is 4. The molecule has 0 bridgehead atoms. The molecular weight excluding hydrogens is 372 g/mol. The molecule has 1 aromatic carbocycles. The minimum Gasteiger partial charge on any atom is -0.412 e. The summed E-state index contributed by atoms with van der Waals surface area (Å²) in [5, 5.41) is 6.45. The number of hydrogen-bond acceptors (Lipinski definition) is 3. The number of rotatable bonds is 3. The van der Waals surface area contributed by atoms with Gasteiger partial charge < -0.3 is 5.48 Å². The second-order valence-corrected chi connectivity index (χ2v) is 9.91. The Kier molecular flexibility index (Phi) is 4.15. The Morgan fingerprint density at radius 1 is 1.11 bits per heavy atom. The van der Waals surface area contributed by atoms with Gasteiger partial charge in [-0.2, -0.15) is 5.10 Å². The average Bonchev–Trinajstić information content (AvgIpc) is 3.18. The molecule has 2 N–H and O–H groups in total. The van der Waals surface area contributed by atoms with Gasteiger partial charge in [-0.3, -0.25) is 9.67 Å². The zero-order valence-corrected chi connectivity index (χ0v) is 16.5. The highest BCUT2D eigenvalue weighted by Crippen LogP contribution is 2.45. The Morgan fingerprint density at radius 3 is 2.79 bits per heavy atom. The Labute approximate surface area is 166 Å². The normalized spacial score (nSPS) is 25.1. The molecule has 1 spiro atoms. The highest BCUT2D eigenvalue weighted by atomic mass is 32.2. The van der Waals surface area contributed by atoms with Crippen LogP contribution in [0.1, 0.15) is 31.4 Å². The van der Waals surface area contributed by atoms with E-state index in [1.54, 1.807) is 0 Å². The van der Waals surface area contributed by atoms with E-state index in [1.807, 2.05) is 24.4 Å². The third kappa shape index (κ3) is 2.72. The van der Waals surface area contributed by atoms with Crippen molar-refractivity contribution >= 4 is 21.9 Å². The van der Waals surface area contributed by atoms with Gasteiger partial charge in [0.05, 0.1) is 22.2 Å². The van der Waals surface area contributed by atoms with Crippen molar-refractivity contribution in [1.29, 1.82) is 0 Å². The van der Waals surface area contributed by atoms with Crippen molar-refractivity contribution < 1.29 is 9.69 Å². The van der Waals surface area contributed by atoms with Gasteiger partial charge in [0.2, 0.25) is 0 Å². The first-order valence-electron chi connectivity index (χ1n) is 9.81. The predicted octanol–water partition coefficient (Wildman–Crippen LogP) is 2.45. The lowest BCUT2D eigenvalue weighted by molar-refractivity contribution is 0.431. The molecule has 6 nitrogen and oxygen atoms in total. The van der Waals surface area contributed by atoms with Crippen LogP contribution < -0.4 is 0 Å². The maximum absolute atomic E-state index is 12.6. The monoisotopic (exact) mass is 396 g/mol. The minimum absolute atomic E-state index is 0. The smallest absolute Gasteiger partial charge is 0.0974 e. The molecule has 28 heavy (non-hydrogen) atoms. The summed E-state index contributed by atoms with van der Waals surface area (Å²) in [6.07, 6.45) is 6.40. The van der Waals surface area contributed by atoms with Crippen LogP contribution in [0.5, 0.6) is 0 Å². The lowest BCUT2D eigenvalue weighted by atomic mass is 9.82. The molecule has 2 fully saturated rings. The largest absolute Gasteiger partial charge is 0.412 e. The van der Waals surface area contributed by atoms with E-state index in [2.05, 4.69) is 32.2 Å². The van der Waals surface area contributed by atoms with Crippen LogP contribution >= 0.6 is 0 Å². The topological polar surface area (TPSA) is 82.5 Å². The third-order valence-electron chi connectivity index (χ3n) is 6.39. The zero-order valence-electron chi connectivity index (χ0n) is 15.7. The highest BCUT2D eigenvalue weighted by Gasteiger charge is 2.48. The van der Waals surface area contributed by atoms with Crippen molar-refractivity contribution in [3.05, 3.63) is 48.3 Å². The second kappa shape index (κ2) is 6.47.